The van der Waals surface area contributed by atoms with E-state index in [9.17, 15) is 22.4 Å². The molecule has 16 heavy (non-hydrogen) atoms. The number of aromatic amines is 1. The molecular formula is C7H4F4N4O. The Balaban J connectivity index is 2.89. The number of rotatable bonds is 0. The van der Waals surface area contributed by atoms with Crippen LogP contribution in [0.4, 0.5) is 17.6 Å². The van der Waals surface area contributed by atoms with E-state index in [4.69, 9.17) is 0 Å². The van der Waals surface area contributed by atoms with Crippen LogP contribution in [0.5, 0.6) is 0 Å². The van der Waals surface area contributed by atoms with Crippen molar-refractivity contribution in [3.63, 3.8) is 0 Å². The molecule has 0 saturated carbocycles. The van der Waals surface area contributed by atoms with Gasteiger partial charge in [0.15, 0.2) is 5.69 Å². The van der Waals surface area contributed by atoms with E-state index in [-0.39, 0.29) is 5.82 Å². The molecule has 0 amide bonds. The van der Waals surface area contributed by atoms with Gasteiger partial charge in [0, 0.05) is 0 Å². The number of halogens is 4. The second-order valence-corrected chi connectivity index (χ2v) is 3.01. The zero-order valence-electron chi connectivity index (χ0n) is 7.76. The molecule has 0 unspecified atom stereocenters. The van der Waals surface area contributed by atoms with Gasteiger partial charge in [0.25, 0.3) is 0 Å². The monoisotopic (exact) mass is 236 g/mol. The summed E-state index contributed by atoms with van der Waals surface area (Å²) in [6, 6.07) is 0. The molecule has 2 rings (SSSR count). The average molecular weight is 236 g/mol. The Hall–Kier alpha value is -1.93. The second kappa shape index (κ2) is 3.03. The first-order valence-electron chi connectivity index (χ1n) is 4.03. The van der Waals surface area contributed by atoms with Crippen LogP contribution in [0.25, 0.3) is 5.78 Å². The van der Waals surface area contributed by atoms with Crippen LogP contribution in [-0.4, -0.2) is 19.6 Å². The zero-order valence-corrected chi connectivity index (χ0v) is 7.76. The normalized spacial score (nSPS) is 12.3. The summed E-state index contributed by atoms with van der Waals surface area (Å²) >= 11 is 0. The molecule has 2 heterocycles. The molecule has 0 aliphatic heterocycles. The van der Waals surface area contributed by atoms with Crippen LogP contribution in [0.2, 0.25) is 0 Å². The number of aromatic nitrogens is 4. The van der Waals surface area contributed by atoms with E-state index in [1.807, 2.05) is 0 Å². The Morgan fingerprint density at radius 2 is 2.00 bits per heavy atom. The van der Waals surface area contributed by atoms with Gasteiger partial charge >= 0.3 is 11.7 Å². The molecular weight excluding hydrogens is 232 g/mol. The fraction of sp³-hybridized carbons (Fsp3) is 0.286. The summed E-state index contributed by atoms with van der Waals surface area (Å²) in [6.45, 7) is 1.37. The predicted molar refractivity (Wildman–Crippen MR) is 43.3 cm³/mol. The van der Waals surface area contributed by atoms with Crippen molar-refractivity contribution >= 4 is 5.78 Å². The Labute approximate surface area is 84.7 Å². The third-order valence-electron chi connectivity index (χ3n) is 1.83. The number of nitrogens with zero attached hydrogens (tertiary/aromatic N) is 3. The van der Waals surface area contributed by atoms with Crippen molar-refractivity contribution < 1.29 is 17.6 Å². The van der Waals surface area contributed by atoms with Crippen LogP contribution in [-0.2, 0) is 6.18 Å². The fourth-order valence-corrected chi connectivity index (χ4v) is 1.20. The third-order valence-corrected chi connectivity index (χ3v) is 1.83. The standard InChI is InChI=1S/C7H4F4N4O/c1-2-12-6-13-4(7(9,10)11)3(8)5(16)15(6)14-2/h1H3,(H,12,13,14). The van der Waals surface area contributed by atoms with Crippen molar-refractivity contribution in [2.45, 2.75) is 13.1 Å². The lowest BCUT2D eigenvalue weighted by molar-refractivity contribution is -0.143. The van der Waals surface area contributed by atoms with Crippen LogP contribution in [0.3, 0.4) is 0 Å². The molecule has 0 spiro atoms. The summed E-state index contributed by atoms with van der Waals surface area (Å²) in [7, 11) is 0. The van der Waals surface area contributed by atoms with Gasteiger partial charge in [-0.2, -0.15) is 27.1 Å². The maximum absolute atomic E-state index is 13.1. The topological polar surface area (TPSA) is 63.0 Å². The van der Waals surface area contributed by atoms with Crippen molar-refractivity contribution in [1.29, 1.82) is 0 Å². The van der Waals surface area contributed by atoms with Crippen molar-refractivity contribution in [2.24, 2.45) is 0 Å². The largest absolute Gasteiger partial charge is 0.434 e. The fourth-order valence-electron chi connectivity index (χ4n) is 1.20. The Kier molecular flexibility index (Phi) is 2.00. The molecule has 0 aliphatic carbocycles. The van der Waals surface area contributed by atoms with E-state index in [0.717, 1.165) is 0 Å². The van der Waals surface area contributed by atoms with Gasteiger partial charge in [-0.25, -0.2) is 0 Å². The molecule has 86 valence electrons. The number of aryl methyl sites for hydroxylation is 1. The lowest BCUT2D eigenvalue weighted by Gasteiger charge is -2.06. The van der Waals surface area contributed by atoms with Crippen molar-refractivity contribution in [3.8, 4) is 0 Å². The SMILES string of the molecule is Cc1nc2[nH]c(C(F)(F)F)c(F)c(=O)n2n1. The van der Waals surface area contributed by atoms with Gasteiger partial charge in [0.2, 0.25) is 11.6 Å². The average Bonchev–Trinajstić information content (AvgIpc) is 2.51. The molecule has 5 nitrogen and oxygen atoms in total. The van der Waals surface area contributed by atoms with Crippen molar-refractivity contribution in [2.75, 3.05) is 0 Å². The maximum Gasteiger partial charge on any atom is 0.434 e. The molecule has 0 radical (unpaired) electrons. The molecule has 9 heteroatoms. The highest BCUT2D eigenvalue weighted by Gasteiger charge is 2.37. The van der Waals surface area contributed by atoms with Gasteiger partial charge in [0.05, 0.1) is 0 Å². The van der Waals surface area contributed by atoms with Gasteiger partial charge in [-0.1, -0.05) is 0 Å². The van der Waals surface area contributed by atoms with E-state index in [1.54, 1.807) is 4.98 Å². The van der Waals surface area contributed by atoms with Crippen LogP contribution in [0, 0.1) is 12.7 Å². The zero-order chi connectivity index (χ0) is 12.1. The molecule has 0 aromatic carbocycles. The first-order valence-corrected chi connectivity index (χ1v) is 4.03. The summed E-state index contributed by atoms with van der Waals surface area (Å²) in [4.78, 5) is 16.4. The number of hydrogen-bond acceptors (Lipinski definition) is 3. The molecule has 2 aromatic rings. The van der Waals surface area contributed by atoms with Crippen molar-refractivity contribution in [1.82, 2.24) is 19.6 Å². The summed E-state index contributed by atoms with van der Waals surface area (Å²) in [5.74, 6) is -2.31. The van der Waals surface area contributed by atoms with Crippen LogP contribution >= 0.6 is 0 Å². The molecule has 2 aromatic heterocycles. The quantitative estimate of drug-likeness (QED) is 0.691. The lowest BCUT2D eigenvalue weighted by atomic mass is 10.4. The number of alkyl halides is 3. The third kappa shape index (κ3) is 1.44. The second-order valence-electron chi connectivity index (χ2n) is 3.01. The first kappa shape index (κ1) is 10.6. The highest BCUT2D eigenvalue weighted by Crippen LogP contribution is 2.28. The molecule has 0 saturated heterocycles. The minimum Gasteiger partial charge on any atom is -0.317 e. The summed E-state index contributed by atoms with van der Waals surface area (Å²) in [5, 5.41) is 3.45. The Bertz CT molecular complexity index is 611. The summed E-state index contributed by atoms with van der Waals surface area (Å²) < 4.78 is 50.4. The number of nitrogens with one attached hydrogen (secondary N) is 1. The highest BCUT2D eigenvalue weighted by molar-refractivity contribution is 5.29. The molecule has 1 N–H and O–H groups in total. The highest BCUT2D eigenvalue weighted by atomic mass is 19.4. The minimum absolute atomic E-state index is 0.0621. The molecule has 0 bridgehead atoms. The smallest absolute Gasteiger partial charge is 0.317 e. The molecule has 0 atom stereocenters. The van der Waals surface area contributed by atoms with Crippen molar-refractivity contribution in [3.05, 3.63) is 27.7 Å². The van der Waals surface area contributed by atoms with Gasteiger partial charge in [-0.05, 0) is 6.92 Å². The molecule has 0 fully saturated rings. The number of fused-ring (bicyclic) bond motifs is 1. The van der Waals surface area contributed by atoms with Crippen LogP contribution in [0.15, 0.2) is 4.79 Å². The summed E-state index contributed by atoms with van der Waals surface area (Å²) in [5.41, 5.74) is -3.24. The van der Waals surface area contributed by atoms with Gasteiger partial charge in [-0.15, -0.1) is 5.10 Å². The Morgan fingerprint density at radius 1 is 1.38 bits per heavy atom. The van der Waals surface area contributed by atoms with E-state index >= 15 is 0 Å². The first-order chi connectivity index (χ1) is 7.30. The lowest BCUT2D eigenvalue weighted by Crippen LogP contribution is -2.25. The van der Waals surface area contributed by atoms with E-state index in [1.165, 1.54) is 6.92 Å². The van der Waals surface area contributed by atoms with Crippen LogP contribution in [0.1, 0.15) is 11.5 Å². The number of hydrogen-bond donors (Lipinski definition) is 1. The molecule has 0 aliphatic rings. The van der Waals surface area contributed by atoms with E-state index in [2.05, 4.69) is 10.1 Å². The number of H-pyrrole nitrogens is 1. The predicted octanol–water partition coefficient (Wildman–Crippen LogP) is 0.884. The van der Waals surface area contributed by atoms with Gasteiger partial charge in [-0.3, -0.25) is 4.79 Å². The van der Waals surface area contributed by atoms with E-state index in [0.29, 0.717) is 4.52 Å². The minimum atomic E-state index is -4.98. The summed E-state index contributed by atoms with van der Waals surface area (Å²) in [6.07, 6.45) is -4.98. The Morgan fingerprint density at radius 3 is 2.56 bits per heavy atom. The maximum atomic E-state index is 13.1. The van der Waals surface area contributed by atoms with E-state index < -0.39 is 29.0 Å². The van der Waals surface area contributed by atoms with Gasteiger partial charge < -0.3 is 4.98 Å². The van der Waals surface area contributed by atoms with Crippen LogP contribution < -0.4 is 5.56 Å². The van der Waals surface area contributed by atoms with Gasteiger partial charge in [0.1, 0.15) is 5.82 Å².